The van der Waals surface area contributed by atoms with Gasteiger partial charge in [0.15, 0.2) is 0 Å². The molecular formula is C10H10F3N3O2. The van der Waals surface area contributed by atoms with E-state index in [2.05, 4.69) is 5.32 Å². The summed E-state index contributed by atoms with van der Waals surface area (Å²) in [6.07, 6.45) is -4.08. The molecule has 0 spiro atoms. The summed E-state index contributed by atoms with van der Waals surface area (Å²) in [6.45, 7) is 0. The fraction of sp³-hybridized carbons (Fsp3) is 0.400. The summed E-state index contributed by atoms with van der Waals surface area (Å²) < 4.78 is 38.0. The molecule has 1 fully saturated rings. The minimum absolute atomic E-state index is 0.0625. The number of anilines is 1. The summed E-state index contributed by atoms with van der Waals surface area (Å²) in [4.78, 5) is 9.49. The van der Waals surface area contributed by atoms with Gasteiger partial charge in [0.25, 0.3) is 5.69 Å². The van der Waals surface area contributed by atoms with Crippen LogP contribution in [0.2, 0.25) is 0 Å². The Morgan fingerprint density at radius 1 is 1.44 bits per heavy atom. The number of halogens is 3. The highest BCUT2D eigenvalue weighted by molar-refractivity contribution is 5.56. The Morgan fingerprint density at radius 2 is 2.06 bits per heavy atom. The highest BCUT2D eigenvalue weighted by atomic mass is 19.4. The van der Waals surface area contributed by atoms with E-state index in [1.54, 1.807) is 0 Å². The minimum Gasteiger partial charge on any atom is -0.381 e. The summed E-state index contributed by atoms with van der Waals surface area (Å²) in [5, 5.41) is 13.3. The number of nitro benzene ring substituents is 1. The number of nitrogens with two attached hydrogens (primary N) is 1. The molecule has 0 radical (unpaired) electrons. The zero-order chi connectivity index (χ0) is 13.5. The van der Waals surface area contributed by atoms with Gasteiger partial charge < -0.3 is 11.1 Å². The molecule has 0 aromatic heterocycles. The smallest absolute Gasteiger partial charge is 0.381 e. The predicted molar refractivity (Wildman–Crippen MR) is 58.1 cm³/mol. The van der Waals surface area contributed by atoms with Crippen LogP contribution in [0.1, 0.15) is 12.0 Å². The number of benzene rings is 1. The molecule has 5 nitrogen and oxygen atoms in total. The molecule has 1 aromatic carbocycles. The summed E-state index contributed by atoms with van der Waals surface area (Å²) in [5.74, 6) is 0. The molecule has 1 saturated carbocycles. The molecule has 0 amide bonds. The molecule has 2 unspecified atom stereocenters. The molecule has 0 heterocycles. The molecule has 3 N–H and O–H groups in total. The van der Waals surface area contributed by atoms with Crippen LogP contribution in [0.3, 0.4) is 0 Å². The lowest BCUT2D eigenvalue weighted by atomic mass is 10.1. The topological polar surface area (TPSA) is 81.2 Å². The molecule has 1 aliphatic carbocycles. The monoisotopic (exact) mass is 261 g/mol. The summed E-state index contributed by atoms with van der Waals surface area (Å²) in [6, 6.07) is 2.70. The Bertz CT molecular complexity index is 490. The molecule has 98 valence electrons. The van der Waals surface area contributed by atoms with Crippen LogP contribution in [0.15, 0.2) is 18.2 Å². The van der Waals surface area contributed by atoms with Crippen molar-refractivity contribution in [1.29, 1.82) is 0 Å². The van der Waals surface area contributed by atoms with Crippen LogP contribution >= 0.6 is 0 Å². The van der Waals surface area contributed by atoms with Gasteiger partial charge in [-0.2, -0.15) is 13.2 Å². The Balaban J connectivity index is 2.33. The molecule has 8 heteroatoms. The van der Waals surface area contributed by atoms with Crippen molar-refractivity contribution in [3.63, 3.8) is 0 Å². The zero-order valence-electron chi connectivity index (χ0n) is 9.07. The van der Waals surface area contributed by atoms with E-state index in [0.717, 1.165) is 12.1 Å². The third-order valence-corrected chi connectivity index (χ3v) is 2.69. The molecule has 2 atom stereocenters. The lowest BCUT2D eigenvalue weighted by Gasteiger charge is -2.10. The van der Waals surface area contributed by atoms with Crippen molar-refractivity contribution in [2.75, 3.05) is 5.32 Å². The summed E-state index contributed by atoms with van der Waals surface area (Å²) >= 11 is 0. The van der Waals surface area contributed by atoms with E-state index in [1.807, 2.05) is 0 Å². The standard InChI is InChI=1S/C10H10F3N3O2/c11-10(12,13)6-3-5(15-8-4-7(8)14)1-2-9(6)16(17)18/h1-3,7-8,15H,4,14H2. The normalized spacial score (nSPS) is 22.7. The molecule has 0 saturated heterocycles. The number of nitrogens with zero attached hydrogens (tertiary/aromatic N) is 1. The van der Waals surface area contributed by atoms with E-state index < -0.39 is 22.4 Å². The van der Waals surface area contributed by atoms with Crippen LogP contribution in [0.4, 0.5) is 24.5 Å². The van der Waals surface area contributed by atoms with Crippen LogP contribution in [0, 0.1) is 10.1 Å². The fourth-order valence-electron chi connectivity index (χ4n) is 1.61. The van der Waals surface area contributed by atoms with Crippen molar-refractivity contribution in [3.8, 4) is 0 Å². The van der Waals surface area contributed by atoms with E-state index >= 15 is 0 Å². The lowest BCUT2D eigenvalue weighted by Crippen LogP contribution is -2.14. The third kappa shape index (κ3) is 2.53. The van der Waals surface area contributed by atoms with Crippen molar-refractivity contribution < 1.29 is 18.1 Å². The second kappa shape index (κ2) is 4.13. The van der Waals surface area contributed by atoms with E-state index in [9.17, 15) is 23.3 Å². The Morgan fingerprint density at radius 3 is 2.50 bits per heavy atom. The van der Waals surface area contributed by atoms with Gasteiger partial charge in [-0.05, 0) is 18.6 Å². The van der Waals surface area contributed by atoms with E-state index in [0.29, 0.717) is 6.42 Å². The molecule has 2 rings (SSSR count). The van der Waals surface area contributed by atoms with Gasteiger partial charge in [0, 0.05) is 23.8 Å². The first-order valence-corrected chi connectivity index (χ1v) is 5.17. The number of nitrogens with one attached hydrogen (secondary N) is 1. The zero-order valence-corrected chi connectivity index (χ0v) is 9.07. The van der Waals surface area contributed by atoms with Gasteiger partial charge in [0.2, 0.25) is 0 Å². The van der Waals surface area contributed by atoms with Crippen molar-refractivity contribution in [2.24, 2.45) is 5.73 Å². The number of nitro groups is 1. The summed E-state index contributed by atoms with van der Waals surface area (Å²) in [7, 11) is 0. The highest BCUT2D eigenvalue weighted by Crippen LogP contribution is 2.38. The van der Waals surface area contributed by atoms with Gasteiger partial charge >= 0.3 is 6.18 Å². The second-order valence-corrected chi connectivity index (χ2v) is 4.14. The molecule has 18 heavy (non-hydrogen) atoms. The van der Waals surface area contributed by atoms with E-state index in [-0.39, 0.29) is 17.8 Å². The lowest BCUT2D eigenvalue weighted by molar-refractivity contribution is -0.388. The maximum Gasteiger partial charge on any atom is 0.423 e. The van der Waals surface area contributed by atoms with Crippen molar-refractivity contribution in [3.05, 3.63) is 33.9 Å². The highest BCUT2D eigenvalue weighted by Gasteiger charge is 2.39. The first-order chi connectivity index (χ1) is 8.29. The Labute approximate surface area is 99.9 Å². The van der Waals surface area contributed by atoms with Crippen molar-refractivity contribution >= 4 is 11.4 Å². The van der Waals surface area contributed by atoms with Gasteiger partial charge in [0.1, 0.15) is 5.56 Å². The van der Waals surface area contributed by atoms with Crippen LogP contribution in [0.25, 0.3) is 0 Å². The maximum absolute atomic E-state index is 12.7. The molecule has 1 aliphatic rings. The number of hydrogen-bond acceptors (Lipinski definition) is 4. The largest absolute Gasteiger partial charge is 0.423 e. The van der Waals surface area contributed by atoms with Gasteiger partial charge in [-0.15, -0.1) is 0 Å². The molecule has 0 bridgehead atoms. The average Bonchev–Trinajstić information content (AvgIpc) is 2.92. The second-order valence-electron chi connectivity index (χ2n) is 4.14. The first kappa shape index (κ1) is 12.6. The maximum atomic E-state index is 12.7. The van der Waals surface area contributed by atoms with E-state index in [4.69, 9.17) is 5.73 Å². The van der Waals surface area contributed by atoms with Crippen molar-refractivity contribution in [1.82, 2.24) is 0 Å². The van der Waals surface area contributed by atoms with Gasteiger partial charge in [-0.25, -0.2) is 0 Å². The van der Waals surface area contributed by atoms with Gasteiger partial charge in [-0.3, -0.25) is 10.1 Å². The fourth-order valence-corrected chi connectivity index (χ4v) is 1.61. The molecule has 1 aromatic rings. The number of rotatable bonds is 3. The quantitative estimate of drug-likeness (QED) is 0.645. The molecular weight excluding hydrogens is 251 g/mol. The van der Waals surface area contributed by atoms with Crippen LogP contribution in [0.5, 0.6) is 0 Å². The van der Waals surface area contributed by atoms with Gasteiger partial charge in [0.05, 0.1) is 4.92 Å². The van der Waals surface area contributed by atoms with Crippen LogP contribution < -0.4 is 11.1 Å². The first-order valence-electron chi connectivity index (χ1n) is 5.17. The number of alkyl halides is 3. The third-order valence-electron chi connectivity index (χ3n) is 2.69. The predicted octanol–water partition coefficient (Wildman–Crippen LogP) is 2.13. The van der Waals surface area contributed by atoms with Crippen LogP contribution in [-0.4, -0.2) is 17.0 Å². The number of hydrogen-bond donors (Lipinski definition) is 2. The minimum atomic E-state index is -4.76. The molecule has 0 aliphatic heterocycles. The van der Waals surface area contributed by atoms with E-state index in [1.165, 1.54) is 6.07 Å². The SMILES string of the molecule is NC1CC1Nc1ccc([N+](=O)[O-])c(C(F)(F)F)c1. The Hall–Kier alpha value is -1.83. The average molecular weight is 261 g/mol. The summed E-state index contributed by atoms with van der Waals surface area (Å²) in [5.41, 5.74) is 3.50. The Kier molecular flexibility index (Phi) is 2.89. The van der Waals surface area contributed by atoms with Crippen LogP contribution in [-0.2, 0) is 6.18 Å². The van der Waals surface area contributed by atoms with Crippen molar-refractivity contribution in [2.45, 2.75) is 24.7 Å². The van der Waals surface area contributed by atoms with Gasteiger partial charge in [-0.1, -0.05) is 0 Å².